The topological polar surface area (TPSA) is 26.3 Å². The highest BCUT2D eigenvalue weighted by molar-refractivity contribution is 5.82. The Kier molecular flexibility index (Phi) is 4.58. The van der Waals surface area contributed by atoms with Crippen molar-refractivity contribution >= 4 is 5.97 Å². The molecule has 3 heteroatoms. The molecule has 2 aliphatic heterocycles. The number of hydrogen-bond donors (Lipinski definition) is 0. The summed E-state index contributed by atoms with van der Waals surface area (Å²) in [5, 5.41) is 0. The molecule has 4 rings (SSSR count). The Balaban J connectivity index is 1.48. The first kappa shape index (κ1) is 16.3. The molecular weight excluding hydrogens is 310 g/mol. The lowest BCUT2D eigenvalue weighted by atomic mass is 9.91. The van der Waals surface area contributed by atoms with E-state index < -0.39 is 0 Å². The van der Waals surface area contributed by atoms with Crippen LogP contribution in [-0.2, 0) is 9.53 Å². The highest BCUT2D eigenvalue weighted by Gasteiger charge is 2.40. The molecule has 0 N–H and O–H groups in total. The van der Waals surface area contributed by atoms with Gasteiger partial charge in [-0.3, -0.25) is 4.79 Å². The lowest BCUT2D eigenvalue weighted by Gasteiger charge is -2.49. The van der Waals surface area contributed by atoms with Crippen molar-refractivity contribution in [1.82, 2.24) is 0 Å². The van der Waals surface area contributed by atoms with E-state index >= 15 is 0 Å². The molecule has 2 saturated heterocycles. The number of ether oxygens (including phenoxy) is 1. The Hall–Kier alpha value is -2.13. The Morgan fingerprint density at radius 3 is 1.80 bits per heavy atom. The van der Waals surface area contributed by atoms with Gasteiger partial charge in [0.25, 0.3) is 0 Å². The van der Waals surface area contributed by atoms with E-state index in [0.29, 0.717) is 0 Å². The molecule has 0 radical (unpaired) electrons. The van der Waals surface area contributed by atoms with Gasteiger partial charge in [0.2, 0.25) is 0 Å². The van der Waals surface area contributed by atoms with Crippen LogP contribution in [0.5, 0.6) is 0 Å². The number of hydrogen-bond acceptors (Lipinski definition) is 2. The maximum atomic E-state index is 13.0. The maximum absolute atomic E-state index is 13.0. The summed E-state index contributed by atoms with van der Waals surface area (Å²) in [6.07, 6.45) is 3.44. The first-order valence-electron chi connectivity index (χ1n) is 9.41. The fourth-order valence-electron chi connectivity index (χ4n) is 4.25. The van der Waals surface area contributed by atoms with E-state index in [2.05, 4.69) is 0 Å². The molecule has 2 aromatic rings. The molecule has 0 saturated carbocycles. The average molecular weight is 336 g/mol. The molecule has 0 bridgehead atoms. The Morgan fingerprint density at radius 1 is 0.840 bits per heavy atom. The van der Waals surface area contributed by atoms with Gasteiger partial charge in [0.1, 0.15) is 12.0 Å². The molecule has 1 spiro atoms. The molecule has 0 atom stereocenters. The van der Waals surface area contributed by atoms with Crippen LogP contribution in [0.25, 0.3) is 0 Å². The van der Waals surface area contributed by atoms with Gasteiger partial charge in [-0.15, -0.1) is 0 Å². The van der Waals surface area contributed by atoms with E-state index in [9.17, 15) is 4.79 Å². The zero-order valence-electron chi connectivity index (χ0n) is 14.6. The van der Waals surface area contributed by atoms with Crippen LogP contribution < -0.4 is 0 Å². The Morgan fingerprint density at radius 2 is 1.36 bits per heavy atom. The summed E-state index contributed by atoms with van der Waals surface area (Å²) >= 11 is 0. The third-order valence-corrected chi connectivity index (χ3v) is 5.90. The average Bonchev–Trinajstić information content (AvgIpc) is 2.63. The van der Waals surface area contributed by atoms with Gasteiger partial charge < -0.3 is 9.22 Å². The van der Waals surface area contributed by atoms with Gasteiger partial charge in [0, 0.05) is 19.3 Å². The third-order valence-electron chi connectivity index (χ3n) is 5.90. The van der Waals surface area contributed by atoms with Crippen molar-refractivity contribution in [3.05, 3.63) is 71.8 Å². The van der Waals surface area contributed by atoms with Gasteiger partial charge in [-0.1, -0.05) is 60.7 Å². The lowest BCUT2D eigenvalue weighted by Crippen LogP contribution is -2.62. The quantitative estimate of drug-likeness (QED) is 0.628. The number of quaternary nitrogens is 1. The molecule has 2 aliphatic rings. The zero-order chi connectivity index (χ0) is 17.1. The minimum absolute atomic E-state index is 0.0757. The minimum Gasteiger partial charge on any atom is -0.461 e. The molecule has 2 fully saturated rings. The second-order valence-electron chi connectivity index (χ2n) is 7.48. The van der Waals surface area contributed by atoms with Crippen LogP contribution in [0.15, 0.2) is 60.7 Å². The summed E-state index contributed by atoms with van der Waals surface area (Å²) < 4.78 is 7.23. The summed E-state index contributed by atoms with van der Waals surface area (Å²) in [5.74, 6) is -0.448. The zero-order valence-corrected chi connectivity index (χ0v) is 14.6. The van der Waals surface area contributed by atoms with E-state index in [-0.39, 0.29) is 18.0 Å². The van der Waals surface area contributed by atoms with Crippen LogP contribution >= 0.6 is 0 Å². The SMILES string of the molecule is O=C(OC1CC[N+]2(CCC2)CC1)C(c1ccccc1)c1ccccc1. The number of nitrogens with zero attached hydrogens (tertiary/aromatic N) is 1. The van der Waals surface area contributed by atoms with Gasteiger partial charge in [-0.2, -0.15) is 0 Å². The fraction of sp³-hybridized carbons (Fsp3) is 0.409. The normalized spacial score (nSPS) is 19.6. The van der Waals surface area contributed by atoms with Crippen molar-refractivity contribution in [3.63, 3.8) is 0 Å². The van der Waals surface area contributed by atoms with Crippen molar-refractivity contribution in [2.45, 2.75) is 31.3 Å². The van der Waals surface area contributed by atoms with E-state index in [0.717, 1.165) is 24.0 Å². The molecular formula is C22H26NO2+. The summed E-state index contributed by atoms with van der Waals surface area (Å²) in [6, 6.07) is 19.9. The van der Waals surface area contributed by atoms with E-state index in [1.165, 1.54) is 37.1 Å². The van der Waals surface area contributed by atoms with Gasteiger partial charge in [0.15, 0.2) is 0 Å². The number of benzene rings is 2. The van der Waals surface area contributed by atoms with Crippen molar-refractivity contribution in [1.29, 1.82) is 0 Å². The molecule has 0 aromatic heterocycles. The summed E-state index contributed by atoms with van der Waals surface area (Å²) in [5.41, 5.74) is 2.00. The highest BCUT2D eigenvalue weighted by atomic mass is 16.5. The molecule has 0 aliphatic carbocycles. The van der Waals surface area contributed by atoms with Crippen LogP contribution in [0.2, 0.25) is 0 Å². The standard InChI is InChI=1S/C22H26NO2/c24-22(25-20-12-16-23(17-13-20)14-7-15-23)21(18-8-3-1-4-9-18)19-10-5-2-6-11-19/h1-6,8-11,20-21H,7,12-17H2/q+1. The van der Waals surface area contributed by atoms with E-state index in [1.54, 1.807) is 0 Å². The number of rotatable bonds is 4. The van der Waals surface area contributed by atoms with Gasteiger partial charge >= 0.3 is 5.97 Å². The third kappa shape index (κ3) is 3.47. The molecule has 130 valence electrons. The van der Waals surface area contributed by atoms with Crippen molar-refractivity contribution < 1.29 is 14.0 Å². The molecule has 2 heterocycles. The summed E-state index contributed by atoms with van der Waals surface area (Å²) in [6.45, 7) is 4.97. The monoisotopic (exact) mass is 336 g/mol. The van der Waals surface area contributed by atoms with Crippen LogP contribution in [0.4, 0.5) is 0 Å². The lowest BCUT2D eigenvalue weighted by molar-refractivity contribution is -0.968. The Bertz CT molecular complexity index is 660. The predicted molar refractivity (Wildman–Crippen MR) is 98.2 cm³/mol. The van der Waals surface area contributed by atoms with Gasteiger partial charge in [0.05, 0.1) is 26.2 Å². The molecule has 2 aromatic carbocycles. The van der Waals surface area contributed by atoms with Crippen molar-refractivity contribution in [3.8, 4) is 0 Å². The van der Waals surface area contributed by atoms with Crippen LogP contribution in [0, 0.1) is 0 Å². The van der Waals surface area contributed by atoms with Crippen molar-refractivity contribution in [2.24, 2.45) is 0 Å². The van der Waals surface area contributed by atoms with Gasteiger partial charge in [-0.25, -0.2) is 0 Å². The van der Waals surface area contributed by atoms with Crippen LogP contribution in [0.3, 0.4) is 0 Å². The summed E-state index contributed by atoms with van der Waals surface area (Å²) in [7, 11) is 0. The Labute approximate surface area is 149 Å². The van der Waals surface area contributed by atoms with E-state index in [1.807, 2.05) is 60.7 Å². The molecule has 3 nitrogen and oxygen atoms in total. The minimum atomic E-state index is -0.337. The number of carbonyl (C=O) groups excluding carboxylic acids is 1. The molecule has 25 heavy (non-hydrogen) atoms. The smallest absolute Gasteiger partial charge is 0.318 e. The second kappa shape index (κ2) is 7.01. The van der Waals surface area contributed by atoms with Crippen molar-refractivity contribution in [2.75, 3.05) is 26.2 Å². The fourth-order valence-corrected chi connectivity index (χ4v) is 4.25. The number of carbonyl (C=O) groups is 1. The second-order valence-corrected chi connectivity index (χ2v) is 7.48. The van der Waals surface area contributed by atoms with Crippen LogP contribution in [-0.4, -0.2) is 42.7 Å². The maximum Gasteiger partial charge on any atom is 0.318 e. The number of esters is 1. The molecule has 0 amide bonds. The first-order chi connectivity index (χ1) is 12.3. The molecule has 0 unspecified atom stereocenters. The predicted octanol–water partition coefficient (Wildman–Crippen LogP) is 3.74. The summed E-state index contributed by atoms with van der Waals surface area (Å²) in [4.78, 5) is 13.0. The highest BCUT2D eigenvalue weighted by Crippen LogP contribution is 2.31. The van der Waals surface area contributed by atoms with Gasteiger partial charge in [-0.05, 0) is 11.1 Å². The van der Waals surface area contributed by atoms with E-state index in [4.69, 9.17) is 4.74 Å². The number of piperidine rings is 1. The largest absolute Gasteiger partial charge is 0.461 e. The van der Waals surface area contributed by atoms with Crippen LogP contribution in [0.1, 0.15) is 36.3 Å². The first-order valence-corrected chi connectivity index (χ1v) is 9.41.